The zero-order chi connectivity index (χ0) is 17.5. The van der Waals surface area contributed by atoms with Gasteiger partial charge in [0, 0.05) is 24.0 Å². The highest BCUT2D eigenvalue weighted by Gasteiger charge is 2.03. The van der Waals surface area contributed by atoms with Crippen LogP contribution in [0, 0.1) is 0 Å². The van der Waals surface area contributed by atoms with E-state index >= 15 is 0 Å². The first-order valence-corrected chi connectivity index (χ1v) is 8.27. The predicted molar refractivity (Wildman–Crippen MR) is 96.6 cm³/mol. The molecule has 0 bridgehead atoms. The number of amides is 1. The maximum atomic E-state index is 11.9. The first-order chi connectivity index (χ1) is 12.2. The first kappa shape index (κ1) is 17.0. The number of nitrogens with zero attached hydrogens (tertiary/aromatic N) is 2. The van der Waals surface area contributed by atoms with Crippen molar-refractivity contribution in [1.82, 2.24) is 15.1 Å². The van der Waals surface area contributed by atoms with Gasteiger partial charge in [0.15, 0.2) is 6.61 Å². The zero-order valence-electron chi connectivity index (χ0n) is 13.6. The molecule has 0 saturated heterocycles. The Bertz CT molecular complexity index is 800. The molecule has 0 aliphatic heterocycles. The van der Waals surface area contributed by atoms with Gasteiger partial charge in [-0.25, -0.2) is 0 Å². The molecule has 0 aliphatic rings. The number of ether oxygens (including phenoxy) is 1. The summed E-state index contributed by atoms with van der Waals surface area (Å²) < 4.78 is 7.27. The molecule has 1 aromatic heterocycles. The van der Waals surface area contributed by atoms with E-state index in [-0.39, 0.29) is 12.5 Å². The second-order valence-corrected chi connectivity index (χ2v) is 5.98. The van der Waals surface area contributed by atoms with Crippen LogP contribution in [0.15, 0.2) is 67.0 Å². The third-order valence-electron chi connectivity index (χ3n) is 3.60. The number of aromatic nitrogens is 2. The molecule has 2 aromatic carbocycles. The Morgan fingerprint density at radius 1 is 1.08 bits per heavy atom. The fourth-order valence-corrected chi connectivity index (χ4v) is 2.40. The molecule has 1 N–H and O–H groups in total. The molecular formula is C19H18ClN3O2. The molecule has 1 heterocycles. The van der Waals surface area contributed by atoms with Crippen LogP contribution in [0.4, 0.5) is 0 Å². The molecule has 25 heavy (non-hydrogen) atoms. The Labute approximate surface area is 151 Å². The van der Waals surface area contributed by atoms with E-state index in [9.17, 15) is 4.79 Å². The van der Waals surface area contributed by atoms with Gasteiger partial charge in [-0.1, -0.05) is 35.9 Å². The zero-order valence-corrected chi connectivity index (χ0v) is 14.3. The van der Waals surface area contributed by atoms with E-state index in [0.29, 0.717) is 17.3 Å². The van der Waals surface area contributed by atoms with Crippen molar-refractivity contribution in [2.45, 2.75) is 13.1 Å². The average molecular weight is 356 g/mol. The Morgan fingerprint density at radius 3 is 2.48 bits per heavy atom. The predicted octanol–water partition coefficient (Wildman–Crippen LogP) is 3.28. The van der Waals surface area contributed by atoms with Crippen LogP contribution in [0.25, 0.3) is 0 Å². The molecule has 0 spiro atoms. The third kappa shape index (κ3) is 5.36. The van der Waals surface area contributed by atoms with Crippen LogP contribution in [0.3, 0.4) is 0 Å². The molecule has 0 saturated carbocycles. The monoisotopic (exact) mass is 355 g/mol. The van der Waals surface area contributed by atoms with Crippen LogP contribution in [0.2, 0.25) is 5.02 Å². The number of hydrogen-bond acceptors (Lipinski definition) is 3. The Balaban J connectivity index is 1.43. The van der Waals surface area contributed by atoms with Crippen molar-refractivity contribution in [3.05, 3.63) is 83.1 Å². The van der Waals surface area contributed by atoms with Crippen molar-refractivity contribution < 1.29 is 9.53 Å². The maximum Gasteiger partial charge on any atom is 0.258 e. The van der Waals surface area contributed by atoms with Crippen LogP contribution in [0.5, 0.6) is 5.75 Å². The van der Waals surface area contributed by atoms with Crippen molar-refractivity contribution in [3.8, 4) is 5.75 Å². The van der Waals surface area contributed by atoms with Gasteiger partial charge in [-0.05, 0) is 41.5 Å². The standard InChI is InChI=1S/C19H18ClN3O2/c20-17-6-8-18(9-7-17)25-14-19(24)21-12-15-2-4-16(5-3-15)13-23-11-1-10-22-23/h1-11H,12-14H2,(H,21,24). The van der Waals surface area contributed by atoms with Crippen LogP contribution < -0.4 is 10.1 Å². The summed E-state index contributed by atoms with van der Waals surface area (Å²) in [7, 11) is 0. The van der Waals surface area contributed by atoms with Crippen LogP contribution in [0.1, 0.15) is 11.1 Å². The van der Waals surface area contributed by atoms with Crippen molar-refractivity contribution in [3.63, 3.8) is 0 Å². The summed E-state index contributed by atoms with van der Waals surface area (Å²) in [5.41, 5.74) is 2.19. The molecule has 5 nitrogen and oxygen atoms in total. The van der Waals surface area contributed by atoms with E-state index in [2.05, 4.69) is 10.4 Å². The molecule has 0 aliphatic carbocycles. The maximum absolute atomic E-state index is 11.9. The Hall–Kier alpha value is -2.79. The summed E-state index contributed by atoms with van der Waals surface area (Å²) in [6.45, 7) is 1.17. The minimum absolute atomic E-state index is 0.0288. The second-order valence-electron chi connectivity index (χ2n) is 5.54. The van der Waals surface area contributed by atoms with E-state index in [0.717, 1.165) is 17.7 Å². The molecule has 0 unspecified atom stereocenters. The molecule has 0 atom stereocenters. The minimum Gasteiger partial charge on any atom is -0.484 e. The van der Waals surface area contributed by atoms with Crippen LogP contribution >= 0.6 is 11.6 Å². The fourth-order valence-electron chi connectivity index (χ4n) is 2.27. The van der Waals surface area contributed by atoms with Gasteiger partial charge in [0.25, 0.3) is 5.91 Å². The lowest BCUT2D eigenvalue weighted by Crippen LogP contribution is -2.28. The fraction of sp³-hybridized carbons (Fsp3) is 0.158. The van der Waals surface area contributed by atoms with Gasteiger partial charge in [0.2, 0.25) is 0 Å². The first-order valence-electron chi connectivity index (χ1n) is 7.89. The summed E-state index contributed by atoms with van der Waals surface area (Å²) in [6.07, 6.45) is 3.69. The number of carbonyl (C=O) groups excluding carboxylic acids is 1. The number of nitrogens with one attached hydrogen (secondary N) is 1. The Morgan fingerprint density at radius 2 is 1.80 bits per heavy atom. The molecular weight excluding hydrogens is 338 g/mol. The van der Waals surface area contributed by atoms with Crippen molar-refractivity contribution >= 4 is 17.5 Å². The van der Waals surface area contributed by atoms with E-state index in [1.165, 1.54) is 0 Å². The van der Waals surface area contributed by atoms with E-state index in [1.807, 2.05) is 41.2 Å². The lowest BCUT2D eigenvalue weighted by Gasteiger charge is -2.08. The van der Waals surface area contributed by atoms with Crippen molar-refractivity contribution in [2.24, 2.45) is 0 Å². The number of carbonyl (C=O) groups is 1. The van der Waals surface area contributed by atoms with Gasteiger partial charge in [0.05, 0.1) is 6.54 Å². The highest BCUT2D eigenvalue weighted by atomic mass is 35.5. The molecule has 1 amide bonds. The van der Waals surface area contributed by atoms with Gasteiger partial charge in [-0.2, -0.15) is 5.10 Å². The smallest absolute Gasteiger partial charge is 0.258 e. The molecule has 6 heteroatoms. The normalized spacial score (nSPS) is 10.4. The summed E-state index contributed by atoms with van der Waals surface area (Å²) in [4.78, 5) is 11.9. The SMILES string of the molecule is O=C(COc1ccc(Cl)cc1)NCc1ccc(Cn2cccn2)cc1. The lowest BCUT2D eigenvalue weighted by atomic mass is 10.1. The topological polar surface area (TPSA) is 56.1 Å². The summed E-state index contributed by atoms with van der Waals surface area (Å²) >= 11 is 5.80. The van der Waals surface area contributed by atoms with Gasteiger partial charge in [-0.15, -0.1) is 0 Å². The molecule has 128 valence electrons. The summed E-state index contributed by atoms with van der Waals surface area (Å²) in [6, 6.07) is 16.9. The molecule has 0 fully saturated rings. The van der Waals surface area contributed by atoms with Crippen molar-refractivity contribution in [1.29, 1.82) is 0 Å². The van der Waals surface area contributed by atoms with Gasteiger partial charge < -0.3 is 10.1 Å². The second kappa shape index (κ2) is 8.35. The average Bonchev–Trinajstić information content (AvgIpc) is 3.14. The van der Waals surface area contributed by atoms with E-state index in [4.69, 9.17) is 16.3 Å². The number of benzene rings is 2. The highest BCUT2D eigenvalue weighted by molar-refractivity contribution is 6.30. The summed E-state index contributed by atoms with van der Waals surface area (Å²) in [5.74, 6) is 0.443. The van der Waals surface area contributed by atoms with Crippen molar-refractivity contribution in [2.75, 3.05) is 6.61 Å². The van der Waals surface area contributed by atoms with Gasteiger partial charge in [0.1, 0.15) is 5.75 Å². The van der Waals surface area contributed by atoms with Crippen LogP contribution in [-0.2, 0) is 17.9 Å². The Kier molecular flexibility index (Phi) is 5.69. The number of hydrogen-bond donors (Lipinski definition) is 1. The lowest BCUT2D eigenvalue weighted by molar-refractivity contribution is -0.123. The number of rotatable bonds is 7. The quantitative estimate of drug-likeness (QED) is 0.707. The summed E-state index contributed by atoms with van der Waals surface area (Å²) in [5, 5.41) is 7.65. The van der Waals surface area contributed by atoms with Gasteiger partial charge in [-0.3, -0.25) is 9.48 Å². The molecule has 3 aromatic rings. The largest absolute Gasteiger partial charge is 0.484 e. The minimum atomic E-state index is -0.171. The molecule has 0 radical (unpaired) electrons. The number of halogens is 1. The van der Waals surface area contributed by atoms with Crippen LogP contribution in [-0.4, -0.2) is 22.3 Å². The van der Waals surface area contributed by atoms with E-state index < -0.39 is 0 Å². The molecule has 3 rings (SSSR count). The van der Waals surface area contributed by atoms with E-state index in [1.54, 1.807) is 30.5 Å². The van der Waals surface area contributed by atoms with Gasteiger partial charge >= 0.3 is 0 Å². The third-order valence-corrected chi connectivity index (χ3v) is 3.85. The highest BCUT2D eigenvalue weighted by Crippen LogP contribution is 2.15.